The Balaban J connectivity index is 1.48. The maximum Gasteiger partial charge on any atom is 0.321 e. The zero-order valence-corrected chi connectivity index (χ0v) is 13.4. The number of nitrogens with zero attached hydrogens (tertiary/aromatic N) is 2. The van der Waals surface area contributed by atoms with Gasteiger partial charge in [0.25, 0.3) is 0 Å². The smallest absolute Gasteiger partial charge is 0.321 e. The number of fused-ring (bicyclic) bond motifs is 1. The number of hydrogen-bond donors (Lipinski definition) is 2. The van der Waals surface area contributed by atoms with Gasteiger partial charge in [0, 0.05) is 37.3 Å². The summed E-state index contributed by atoms with van der Waals surface area (Å²) in [5.41, 5.74) is 2.84. The summed E-state index contributed by atoms with van der Waals surface area (Å²) in [5.74, 6) is 0. The van der Waals surface area contributed by atoms with Gasteiger partial charge < -0.3 is 5.32 Å². The Morgan fingerprint density at radius 2 is 2.23 bits per heavy atom. The second-order valence-corrected chi connectivity index (χ2v) is 6.41. The number of amides is 2. The van der Waals surface area contributed by atoms with Crippen LogP contribution in [-0.4, -0.2) is 35.0 Å². The molecule has 1 aliphatic heterocycles. The van der Waals surface area contributed by atoms with E-state index in [1.165, 1.54) is 22.5 Å². The number of hydrogen-bond acceptors (Lipinski definition) is 4. The van der Waals surface area contributed by atoms with Gasteiger partial charge in [0.2, 0.25) is 0 Å². The molecule has 0 bridgehead atoms. The van der Waals surface area contributed by atoms with Crippen LogP contribution in [0.1, 0.15) is 18.1 Å². The number of nitrogens with one attached hydrogen (secondary N) is 2. The highest BCUT2D eigenvalue weighted by atomic mass is 32.1. The van der Waals surface area contributed by atoms with Crippen molar-refractivity contribution in [3.63, 3.8) is 0 Å². The van der Waals surface area contributed by atoms with Crippen molar-refractivity contribution in [2.24, 2.45) is 0 Å². The molecule has 2 aromatic rings. The largest absolute Gasteiger partial charge is 0.336 e. The molecule has 22 heavy (non-hydrogen) atoms. The molecule has 0 radical (unpaired) electrons. The van der Waals surface area contributed by atoms with Crippen molar-refractivity contribution in [3.8, 4) is 0 Å². The third kappa shape index (κ3) is 3.64. The first-order chi connectivity index (χ1) is 10.7. The van der Waals surface area contributed by atoms with E-state index in [1.807, 2.05) is 5.38 Å². The summed E-state index contributed by atoms with van der Waals surface area (Å²) in [7, 11) is 0. The molecule has 0 saturated heterocycles. The van der Waals surface area contributed by atoms with Crippen molar-refractivity contribution in [2.45, 2.75) is 25.9 Å². The van der Waals surface area contributed by atoms with Gasteiger partial charge in [-0.05, 0) is 24.5 Å². The van der Waals surface area contributed by atoms with Crippen LogP contribution in [0.25, 0.3) is 0 Å². The normalized spacial score (nSPS) is 15.9. The molecule has 2 amide bonds. The lowest BCUT2D eigenvalue weighted by Gasteiger charge is -2.33. The predicted molar refractivity (Wildman–Crippen MR) is 89.2 cm³/mol. The Bertz CT molecular complexity index is 629. The van der Waals surface area contributed by atoms with E-state index in [9.17, 15) is 4.79 Å². The summed E-state index contributed by atoms with van der Waals surface area (Å²) in [4.78, 5) is 18.3. The SMILES string of the molecule is C[C@@H](CNC(=O)Nc1nccs1)N1CCc2ccccc2C1. The average molecular weight is 316 g/mol. The van der Waals surface area contributed by atoms with Gasteiger partial charge in [0.15, 0.2) is 5.13 Å². The van der Waals surface area contributed by atoms with Gasteiger partial charge >= 0.3 is 6.03 Å². The molecule has 3 rings (SSSR count). The zero-order valence-electron chi connectivity index (χ0n) is 12.6. The molecule has 1 aromatic heterocycles. The van der Waals surface area contributed by atoms with Crippen molar-refractivity contribution in [1.82, 2.24) is 15.2 Å². The number of carbonyl (C=O) groups excluding carboxylic acids is 1. The van der Waals surface area contributed by atoms with E-state index in [0.717, 1.165) is 19.5 Å². The fourth-order valence-corrected chi connectivity index (χ4v) is 3.21. The molecule has 1 atom stereocenters. The van der Waals surface area contributed by atoms with Gasteiger partial charge in [0.1, 0.15) is 0 Å². The van der Waals surface area contributed by atoms with Crippen molar-refractivity contribution in [1.29, 1.82) is 0 Å². The van der Waals surface area contributed by atoms with Gasteiger partial charge in [-0.15, -0.1) is 11.3 Å². The van der Waals surface area contributed by atoms with Crippen LogP contribution < -0.4 is 10.6 Å². The molecule has 1 aliphatic rings. The fraction of sp³-hybridized carbons (Fsp3) is 0.375. The van der Waals surface area contributed by atoms with Gasteiger partial charge in [-0.3, -0.25) is 10.2 Å². The summed E-state index contributed by atoms with van der Waals surface area (Å²) in [6.07, 6.45) is 2.75. The topological polar surface area (TPSA) is 57.3 Å². The van der Waals surface area contributed by atoms with Gasteiger partial charge in [0.05, 0.1) is 0 Å². The first kappa shape index (κ1) is 15.0. The molecule has 0 spiro atoms. The minimum absolute atomic E-state index is 0.195. The van der Waals surface area contributed by atoms with E-state index in [-0.39, 0.29) is 6.03 Å². The molecular weight excluding hydrogens is 296 g/mol. The highest BCUT2D eigenvalue weighted by molar-refractivity contribution is 7.13. The van der Waals surface area contributed by atoms with Gasteiger partial charge in [-0.25, -0.2) is 9.78 Å². The summed E-state index contributed by atoms with van der Waals surface area (Å²) in [6.45, 7) is 4.76. The Labute approximate surface area is 134 Å². The molecule has 1 aromatic carbocycles. The Kier molecular flexibility index (Phi) is 4.70. The number of anilines is 1. The van der Waals surface area contributed by atoms with Crippen molar-refractivity contribution in [2.75, 3.05) is 18.4 Å². The van der Waals surface area contributed by atoms with Crippen LogP contribution >= 0.6 is 11.3 Å². The summed E-state index contributed by atoms with van der Waals surface area (Å²) in [6, 6.07) is 8.69. The standard InChI is InChI=1S/C16H20N4OS/c1-12(10-18-15(21)19-16-17-7-9-22-16)20-8-6-13-4-2-3-5-14(13)11-20/h2-5,7,9,12H,6,8,10-11H2,1H3,(H2,17,18,19,21)/t12-/m0/s1. The molecule has 2 heterocycles. The highest BCUT2D eigenvalue weighted by Crippen LogP contribution is 2.20. The average Bonchev–Trinajstić information content (AvgIpc) is 3.05. The fourth-order valence-electron chi connectivity index (χ4n) is 2.69. The van der Waals surface area contributed by atoms with Crippen LogP contribution in [-0.2, 0) is 13.0 Å². The number of urea groups is 1. The Morgan fingerprint density at radius 1 is 1.41 bits per heavy atom. The van der Waals surface area contributed by atoms with Gasteiger partial charge in [-0.2, -0.15) is 0 Å². The number of aromatic nitrogens is 1. The number of thiazole rings is 1. The molecular formula is C16H20N4OS. The first-order valence-corrected chi connectivity index (χ1v) is 8.35. The van der Waals surface area contributed by atoms with E-state index in [0.29, 0.717) is 17.7 Å². The lowest BCUT2D eigenvalue weighted by Crippen LogP contribution is -2.45. The van der Waals surface area contributed by atoms with Crippen molar-refractivity contribution in [3.05, 3.63) is 47.0 Å². The van der Waals surface area contributed by atoms with Gasteiger partial charge in [-0.1, -0.05) is 24.3 Å². The molecule has 0 unspecified atom stereocenters. The van der Waals surface area contributed by atoms with Crippen molar-refractivity contribution < 1.29 is 4.79 Å². The molecule has 116 valence electrons. The number of carbonyl (C=O) groups is 1. The third-order valence-corrected chi connectivity index (χ3v) is 4.68. The van der Waals surface area contributed by atoms with Crippen LogP contribution in [0.3, 0.4) is 0 Å². The van der Waals surface area contributed by atoms with E-state index in [2.05, 4.69) is 51.7 Å². The predicted octanol–water partition coefficient (Wildman–Crippen LogP) is 2.71. The summed E-state index contributed by atoms with van der Waals surface area (Å²) >= 11 is 1.41. The van der Waals surface area contributed by atoms with Crippen LogP contribution in [0.5, 0.6) is 0 Å². The van der Waals surface area contributed by atoms with Crippen LogP contribution in [0.4, 0.5) is 9.93 Å². The second kappa shape index (κ2) is 6.89. The number of benzene rings is 1. The Hall–Kier alpha value is -1.92. The third-order valence-electron chi connectivity index (χ3n) is 3.99. The maximum atomic E-state index is 11.8. The molecule has 5 nitrogen and oxygen atoms in total. The van der Waals surface area contributed by atoms with Crippen LogP contribution in [0, 0.1) is 0 Å². The summed E-state index contributed by atoms with van der Waals surface area (Å²) in [5, 5.41) is 8.11. The van der Waals surface area contributed by atoms with E-state index >= 15 is 0 Å². The summed E-state index contributed by atoms with van der Waals surface area (Å²) < 4.78 is 0. The number of rotatable bonds is 4. The van der Waals surface area contributed by atoms with Crippen LogP contribution in [0.15, 0.2) is 35.8 Å². The molecule has 6 heteroatoms. The minimum Gasteiger partial charge on any atom is -0.336 e. The van der Waals surface area contributed by atoms with E-state index < -0.39 is 0 Å². The molecule has 0 aliphatic carbocycles. The first-order valence-electron chi connectivity index (χ1n) is 7.47. The minimum atomic E-state index is -0.195. The Morgan fingerprint density at radius 3 is 3.00 bits per heavy atom. The lowest BCUT2D eigenvalue weighted by molar-refractivity contribution is 0.186. The molecule has 2 N–H and O–H groups in total. The quantitative estimate of drug-likeness (QED) is 0.912. The van der Waals surface area contributed by atoms with Crippen LogP contribution in [0.2, 0.25) is 0 Å². The second-order valence-electron chi connectivity index (χ2n) is 5.51. The monoisotopic (exact) mass is 316 g/mol. The molecule has 0 saturated carbocycles. The highest BCUT2D eigenvalue weighted by Gasteiger charge is 2.20. The lowest BCUT2D eigenvalue weighted by atomic mass is 9.99. The molecule has 0 fully saturated rings. The van der Waals surface area contributed by atoms with E-state index in [4.69, 9.17) is 0 Å². The zero-order chi connectivity index (χ0) is 15.4. The maximum absolute atomic E-state index is 11.8. The van der Waals surface area contributed by atoms with Crippen molar-refractivity contribution >= 4 is 22.5 Å². The van der Waals surface area contributed by atoms with E-state index in [1.54, 1.807) is 6.20 Å².